The van der Waals surface area contributed by atoms with Crippen molar-refractivity contribution < 1.29 is 9.53 Å². The Balaban J connectivity index is 1.95. The topological polar surface area (TPSA) is 41.6 Å². The summed E-state index contributed by atoms with van der Waals surface area (Å²) >= 11 is 3.51. The molecule has 0 radical (unpaired) electrons. The third-order valence-electron chi connectivity index (χ3n) is 3.69. The van der Waals surface area contributed by atoms with E-state index in [1.807, 2.05) is 19.2 Å². The zero-order valence-corrected chi connectivity index (χ0v) is 14.3. The third kappa shape index (κ3) is 4.71. The second-order valence-corrected chi connectivity index (χ2v) is 6.41. The van der Waals surface area contributed by atoms with Gasteiger partial charge >= 0.3 is 0 Å². The molecule has 1 amide bonds. The van der Waals surface area contributed by atoms with Gasteiger partial charge in [0, 0.05) is 42.6 Å². The van der Waals surface area contributed by atoms with E-state index in [1.54, 1.807) is 4.90 Å². The standard InChI is InChI=1S/C16H23BrN2O2/c1-3-8-21-15-6-4-13(17)9-12(15)10-18-14-5-7-16(20)19(2)11-14/h4,6,9,14,18H,3,5,7-8,10-11H2,1-2H3. The monoisotopic (exact) mass is 354 g/mol. The fourth-order valence-electron chi connectivity index (χ4n) is 2.47. The lowest BCUT2D eigenvalue weighted by molar-refractivity contribution is -0.132. The Hall–Kier alpha value is -1.07. The number of likely N-dealkylation sites (N-methyl/N-ethyl adjacent to an activating group) is 1. The van der Waals surface area contributed by atoms with Gasteiger partial charge in [0.1, 0.15) is 5.75 Å². The van der Waals surface area contributed by atoms with Gasteiger partial charge in [0.05, 0.1) is 6.61 Å². The van der Waals surface area contributed by atoms with Gasteiger partial charge < -0.3 is 15.0 Å². The molecule has 5 heteroatoms. The van der Waals surface area contributed by atoms with Crippen molar-refractivity contribution >= 4 is 21.8 Å². The summed E-state index contributed by atoms with van der Waals surface area (Å²) in [6.07, 6.45) is 2.53. The minimum atomic E-state index is 0.238. The highest BCUT2D eigenvalue weighted by molar-refractivity contribution is 9.10. The quantitative estimate of drug-likeness (QED) is 0.853. The molecule has 1 fully saturated rings. The van der Waals surface area contributed by atoms with Crippen molar-refractivity contribution in [2.45, 2.75) is 38.8 Å². The molecule has 2 rings (SSSR count). The minimum Gasteiger partial charge on any atom is -0.493 e. The van der Waals surface area contributed by atoms with E-state index in [4.69, 9.17) is 4.74 Å². The van der Waals surface area contributed by atoms with Crippen LogP contribution in [0.25, 0.3) is 0 Å². The van der Waals surface area contributed by atoms with Gasteiger partial charge in [-0.05, 0) is 31.0 Å². The molecule has 0 bridgehead atoms. The first-order valence-corrected chi connectivity index (χ1v) is 8.28. The summed E-state index contributed by atoms with van der Waals surface area (Å²) in [6, 6.07) is 6.45. The molecule has 1 saturated heterocycles. The van der Waals surface area contributed by atoms with Crippen molar-refractivity contribution in [3.05, 3.63) is 28.2 Å². The van der Waals surface area contributed by atoms with Gasteiger partial charge in [0.15, 0.2) is 0 Å². The number of hydrogen-bond acceptors (Lipinski definition) is 3. The number of benzene rings is 1. The zero-order valence-electron chi connectivity index (χ0n) is 12.7. The number of nitrogens with zero attached hydrogens (tertiary/aromatic N) is 1. The summed E-state index contributed by atoms with van der Waals surface area (Å²) in [7, 11) is 1.87. The molecule has 1 N–H and O–H groups in total. The Morgan fingerprint density at radius 3 is 3.00 bits per heavy atom. The molecule has 0 spiro atoms. The summed E-state index contributed by atoms with van der Waals surface area (Å²) < 4.78 is 6.85. The van der Waals surface area contributed by atoms with E-state index in [2.05, 4.69) is 34.2 Å². The molecule has 1 atom stereocenters. The summed E-state index contributed by atoms with van der Waals surface area (Å²) in [5, 5.41) is 3.54. The maximum Gasteiger partial charge on any atom is 0.222 e. The third-order valence-corrected chi connectivity index (χ3v) is 4.19. The van der Waals surface area contributed by atoms with E-state index in [0.29, 0.717) is 12.5 Å². The highest BCUT2D eigenvalue weighted by atomic mass is 79.9. The van der Waals surface area contributed by atoms with E-state index in [9.17, 15) is 4.79 Å². The molecule has 21 heavy (non-hydrogen) atoms. The largest absolute Gasteiger partial charge is 0.493 e. The Labute approximate surface area is 135 Å². The normalized spacial score (nSPS) is 18.9. The number of ether oxygens (including phenoxy) is 1. The predicted molar refractivity (Wildman–Crippen MR) is 87.4 cm³/mol. The van der Waals surface area contributed by atoms with E-state index < -0.39 is 0 Å². The maximum atomic E-state index is 11.5. The fraction of sp³-hybridized carbons (Fsp3) is 0.562. The van der Waals surface area contributed by atoms with Crippen LogP contribution >= 0.6 is 15.9 Å². The molecule has 1 heterocycles. The van der Waals surface area contributed by atoms with Crippen LogP contribution in [0.4, 0.5) is 0 Å². The van der Waals surface area contributed by atoms with E-state index in [1.165, 1.54) is 0 Å². The van der Waals surface area contributed by atoms with Crippen LogP contribution < -0.4 is 10.1 Å². The summed E-state index contributed by atoms with van der Waals surface area (Å²) in [5.74, 6) is 1.18. The van der Waals surface area contributed by atoms with Crippen LogP contribution in [-0.4, -0.2) is 37.0 Å². The second kappa shape index (κ2) is 7.80. The fourth-order valence-corrected chi connectivity index (χ4v) is 2.88. The number of hydrogen-bond donors (Lipinski definition) is 1. The van der Waals surface area contributed by atoms with Crippen molar-refractivity contribution in [3.8, 4) is 5.75 Å². The minimum absolute atomic E-state index is 0.238. The molecular weight excluding hydrogens is 332 g/mol. The van der Waals surface area contributed by atoms with E-state index in [0.717, 1.165) is 48.3 Å². The van der Waals surface area contributed by atoms with Gasteiger partial charge in [-0.1, -0.05) is 22.9 Å². The lowest BCUT2D eigenvalue weighted by Crippen LogP contribution is -2.46. The van der Waals surface area contributed by atoms with E-state index in [-0.39, 0.29) is 5.91 Å². The number of halogens is 1. The molecule has 0 aliphatic carbocycles. The van der Waals surface area contributed by atoms with E-state index >= 15 is 0 Å². The molecule has 1 aliphatic heterocycles. The van der Waals surface area contributed by atoms with Crippen molar-refractivity contribution in [2.24, 2.45) is 0 Å². The van der Waals surface area contributed by atoms with Gasteiger partial charge in [-0.25, -0.2) is 0 Å². The Kier molecular flexibility index (Phi) is 6.06. The van der Waals surface area contributed by atoms with Crippen molar-refractivity contribution in [3.63, 3.8) is 0 Å². The summed E-state index contributed by atoms with van der Waals surface area (Å²) in [4.78, 5) is 13.3. The SMILES string of the molecule is CCCOc1ccc(Br)cc1CNC1CCC(=O)N(C)C1. The number of likely N-dealkylation sites (tertiary alicyclic amines) is 1. The van der Waals surface area contributed by atoms with Crippen LogP contribution in [0.3, 0.4) is 0 Å². The molecule has 0 saturated carbocycles. The number of piperidine rings is 1. The number of amides is 1. The highest BCUT2D eigenvalue weighted by Crippen LogP contribution is 2.24. The number of nitrogens with one attached hydrogen (secondary N) is 1. The Morgan fingerprint density at radius 2 is 2.29 bits per heavy atom. The van der Waals surface area contributed by atoms with Crippen LogP contribution in [0, 0.1) is 0 Å². The molecule has 1 aromatic carbocycles. The van der Waals surface area contributed by atoms with Crippen molar-refractivity contribution in [1.82, 2.24) is 10.2 Å². The number of rotatable bonds is 6. The second-order valence-electron chi connectivity index (χ2n) is 5.49. The first-order chi connectivity index (χ1) is 10.1. The molecule has 1 unspecified atom stereocenters. The molecule has 1 aliphatic rings. The van der Waals surface area contributed by atoms with Gasteiger partial charge in [0.25, 0.3) is 0 Å². The van der Waals surface area contributed by atoms with Gasteiger partial charge in [-0.15, -0.1) is 0 Å². The molecule has 1 aromatic rings. The van der Waals surface area contributed by atoms with Crippen molar-refractivity contribution in [1.29, 1.82) is 0 Å². The van der Waals surface area contributed by atoms with Crippen LogP contribution in [0.2, 0.25) is 0 Å². The average molecular weight is 355 g/mol. The average Bonchev–Trinajstić information content (AvgIpc) is 2.47. The molecule has 4 nitrogen and oxygen atoms in total. The molecular formula is C16H23BrN2O2. The van der Waals surface area contributed by atoms with Crippen LogP contribution in [0.15, 0.2) is 22.7 Å². The van der Waals surface area contributed by atoms with Crippen molar-refractivity contribution in [2.75, 3.05) is 20.2 Å². The Bertz CT molecular complexity index is 493. The lowest BCUT2D eigenvalue weighted by atomic mass is 10.1. The molecule has 0 aromatic heterocycles. The lowest BCUT2D eigenvalue weighted by Gasteiger charge is -2.30. The summed E-state index contributed by atoms with van der Waals surface area (Å²) in [5.41, 5.74) is 1.15. The zero-order chi connectivity index (χ0) is 15.2. The first-order valence-electron chi connectivity index (χ1n) is 7.48. The van der Waals surface area contributed by atoms with Gasteiger partial charge in [-0.3, -0.25) is 4.79 Å². The van der Waals surface area contributed by atoms with Gasteiger partial charge in [-0.2, -0.15) is 0 Å². The number of carbonyl (C=O) groups is 1. The maximum absolute atomic E-state index is 11.5. The van der Waals surface area contributed by atoms with Crippen LogP contribution in [0.5, 0.6) is 5.75 Å². The van der Waals surface area contributed by atoms with Crippen LogP contribution in [0.1, 0.15) is 31.7 Å². The summed E-state index contributed by atoms with van der Waals surface area (Å²) in [6.45, 7) is 4.37. The smallest absolute Gasteiger partial charge is 0.222 e. The first kappa shape index (κ1) is 16.3. The Morgan fingerprint density at radius 1 is 1.48 bits per heavy atom. The highest BCUT2D eigenvalue weighted by Gasteiger charge is 2.22. The van der Waals surface area contributed by atoms with Gasteiger partial charge in [0.2, 0.25) is 5.91 Å². The van der Waals surface area contributed by atoms with Crippen LogP contribution in [-0.2, 0) is 11.3 Å². The number of carbonyl (C=O) groups excluding carboxylic acids is 1. The predicted octanol–water partition coefficient (Wildman–Crippen LogP) is 2.95. The molecule has 116 valence electrons.